The van der Waals surface area contributed by atoms with Gasteiger partial charge in [0.25, 0.3) is 0 Å². The molecule has 0 spiro atoms. The standard InChI is InChI=1S/C23H22BrClFNO2S/c1-15-10-16(2)23(17(3)11-15)30(28,29)27(13-18-4-7-20(24)8-5-18)14-19-6-9-21(26)12-22(19)25/h4-12H,13-14H2,1-3H3. The van der Waals surface area contributed by atoms with Crippen molar-refractivity contribution >= 4 is 37.6 Å². The van der Waals surface area contributed by atoms with E-state index in [1.165, 1.54) is 22.5 Å². The summed E-state index contributed by atoms with van der Waals surface area (Å²) in [4.78, 5) is 0.295. The molecule has 3 rings (SSSR count). The van der Waals surface area contributed by atoms with E-state index in [-0.39, 0.29) is 18.1 Å². The molecule has 0 radical (unpaired) electrons. The van der Waals surface area contributed by atoms with Crippen LogP contribution in [0.25, 0.3) is 0 Å². The molecule has 0 saturated carbocycles. The zero-order valence-electron chi connectivity index (χ0n) is 16.9. The summed E-state index contributed by atoms with van der Waals surface area (Å²) < 4.78 is 43.3. The van der Waals surface area contributed by atoms with E-state index in [1.54, 1.807) is 13.8 Å². The monoisotopic (exact) mass is 509 g/mol. The fraction of sp³-hybridized carbons (Fsp3) is 0.217. The van der Waals surface area contributed by atoms with Gasteiger partial charge in [-0.1, -0.05) is 63.4 Å². The van der Waals surface area contributed by atoms with E-state index in [4.69, 9.17) is 11.6 Å². The molecule has 3 aromatic carbocycles. The number of hydrogen-bond acceptors (Lipinski definition) is 2. The maximum atomic E-state index is 13.7. The Hall–Kier alpha value is -1.73. The molecule has 0 bridgehead atoms. The van der Waals surface area contributed by atoms with Gasteiger partial charge in [0, 0.05) is 22.6 Å². The average molecular weight is 511 g/mol. The molecule has 30 heavy (non-hydrogen) atoms. The fourth-order valence-electron chi connectivity index (χ4n) is 3.56. The van der Waals surface area contributed by atoms with Crippen molar-refractivity contribution in [2.24, 2.45) is 0 Å². The number of rotatable bonds is 6. The number of halogens is 3. The Morgan fingerprint density at radius 3 is 2.10 bits per heavy atom. The van der Waals surface area contributed by atoms with Crippen molar-refractivity contribution in [3.8, 4) is 0 Å². The lowest BCUT2D eigenvalue weighted by molar-refractivity contribution is 0.400. The van der Waals surface area contributed by atoms with Gasteiger partial charge >= 0.3 is 0 Å². The van der Waals surface area contributed by atoms with Crippen LogP contribution in [0.5, 0.6) is 0 Å². The first-order valence-corrected chi connectivity index (χ1v) is 12.0. The van der Waals surface area contributed by atoms with Crippen molar-refractivity contribution < 1.29 is 12.8 Å². The third-order valence-electron chi connectivity index (χ3n) is 4.84. The molecule has 0 atom stereocenters. The van der Waals surface area contributed by atoms with E-state index in [1.807, 2.05) is 43.3 Å². The van der Waals surface area contributed by atoms with Crippen LogP contribution in [0.1, 0.15) is 27.8 Å². The predicted octanol–water partition coefficient (Wildman–Crippen LogP) is 6.56. The zero-order valence-corrected chi connectivity index (χ0v) is 20.1. The molecular formula is C23H22BrClFNO2S. The second-order valence-corrected chi connectivity index (χ2v) is 10.6. The highest BCUT2D eigenvalue weighted by Gasteiger charge is 2.29. The van der Waals surface area contributed by atoms with Gasteiger partial charge < -0.3 is 0 Å². The average Bonchev–Trinajstić information content (AvgIpc) is 2.63. The first-order chi connectivity index (χ1) is 14.1. The molecule has 0 aliphatic carbocycles. The van der Waals surface area contributed by atoms with E-state index < -0.39 is 15.8 Å². The third kappa shape index (κ3) is 5.11. The molecule has 3 nitrogen and oxygen atoms in total. The van der Waals surface area contributed by atoms with Crippen LogP contribution in [-0.2, 0) is 23.1 Å². The summed E-state index contributed by atoms with van der Waals surface area (Å²) in [7, 11) is -3.84. The molecule has 7 heteroatoms. The first-order valence-electron chi connectivity index (χ1n) is 9.34. The van der Waals surface area contributed by atoms with Gasteiger partial charge in [-0.3, -0.25) is 0 Å². The molecule has 0 aromatic heterocycles. The van der Waals surface area contributed by atoms with Crippen LogP contribution < -0.4 is 0 Å². The first kappa shape index (κ1) is 22.9. The van der Waals surface area contributed by atoms with E-state index in [2.05, 4.69) is 15.9 Å². The molecule has 0 aliphatic heterocycles. The molecule has 0 aliphatic rings. The normalized spacial score (nSPS) is 11.8. The lowest BCUT2D eigenvalue weighted by Crippen LogP contribution is -2.31. The molecule has 0 heterocycles. The largest absolute Gasteiger partial charge is 0.244 e. The molecular weight excluding hydrogens is 489 g/mol. The minimum atomic E-state index is -3.84. The second-order valence-electron chi connectivity index (χ2n) is 7.36. The van der Waals surface area contributed by atoms with Crippen molar-refractivity contribution in [2.45, 2.75) is 38.8 Å². The third-order valence-corrected chi connectivity index (χ3v) is 7.81. The topological polar surface area (TPSA) is 37.4 Å². The van der Waals surface area contributed by atoms with Gasteiger partial charge in [-0.15, -0.1) is 0 Å². The maximum Gasteiger partial charge on any atom is 0.244 e. The van der Waals surface area contributed by atoms with Gasteiger partial charge in [0.2, 0.25) is 10.0 Å². The lowest BCUT2D eigenvalue weighted by Gasteiger charge is -2.25. The summed E-state index contributed by atoms with van der Waals surface area (Å²) in [6.45, 7) is 5.74. The summed E-state index contributed by atoms with van der Waals surface area (Å²) in [6, 6.07) is 15.2. The SMILES string of the molecule is Cc1cc(C)c(S(=O)(=O)N(Cc2ccc(Br)cc2)Cc2ccc(F)cc2Cl)c(C)c1. The smallest absolute Gasteiger partial charge is 0.207 e. The highest BCUT2D eigenvalue weighted by atomic mass is 79.9. The highest BCUT2D eigenvalue weighted by Crippen LogP contribution is 2.29. The Labute approximate surface area is 190 Å². The summed E-state index contributed by atoms with van der Waals surface area (Å²) >= 11 is 9.61. The Balaban J connectivity index is 2.09. The van der Waals surface area contributed by atoms with E-state index >= 15 is 0 Å². The van der Waals surface area contributed by atoms with Gasteiger partial charge in [0.1, 0.15) is 5.82 Å². The van der Waals surface area contributed by atoms with Gasteiger partial charge in [0.15, 0.2) is 0 Å². The highest BCUT2D eigenvalue weighted by molar-refractivity contribution is 9.10. The summed E-state index contributed by atoms with van der Waals surface area (Å²) in [5.41, 5.74) is 3.77. The lowest BCUT2D eigenvalue weighted by atomic mass is 10.1. The molecule has 0 fully saturated rings. The minimum Gasteiger partial charge on any atom is -0.207 e. The quantitative estimate of drug-likeness (QED) is 0.377. The Morgan fingerprint density at radius 1 is 0.933 bits per heavy atom. The molecule has 158 valence electrons. The molecule has 0 unspecified atom stereocenters. The summed E-state index contributed by atoms with van der Waals surface area (Å²) in [5, 5.41) is 0.198. The van der Waals surface area contributed by atoms with Crippen LogP contribution in [-0.4, -0.2) is 12.7 Å². The number of benzene rings is 3. The van der Waals surface area contributed by atoms with Crippen LogP contribution in [0.15, 0.2) is 64.0 Å². The minimum absolute atomic E-state index is 0.0320. The number of aryl methyl sites for hydroxylation is 3. The molecule has 3 aromatic rings. The van der Waals surface area contributed by atoms with Crippen molar-refractivity contribution in [3.05, 3.63) is 97.7 Å². The molecule has 0 saturated heterocycles. The van der Waals surface area contributed by atoms with Gasteiger partial charge in [-0.05, 0) is 67.3 Å². The second kappa shape index (κ2) is 9.18. The number of sulfonamides is 1. The Kier molecular flexibility index (Phi) is 7.02. The van der Waals surface area contributed by atoms with Crippen molar-refractivity contribution in [3.63, 3.8) is 0 Å². The molecule has 0 N–H and O–H groups in total. The number of hydrogen-bond donors (Lipinski definition) is 0. The molecule has 0 amide bonds. The van der Waals surface area contributed by atoms with Crippen LogP contribution in [0.4, 0.5) is 4.39 Å². The van der Waals surface area contributed by atoms with Crippen LogP contribution in [0.2, 0.25) is 5.02 Å². The Morgan fingerprint density at radius 2 is 1.53 bits per heavy atom. The van der Waals surface area contributed by atoms with Crippen LogP contribution >= 0.6 is 27.5 Å². The van der Waals surface area contributed by atoms with Crippen molar-refractivity contribution in [2.75, 3.05) is 0 Å². The van der Waals surface area contributed by atoms with Gasteiger partial charge in [-0.25, -0.2) is 12.8 Å². The Bertz CT molecular complexity index is 1160. The fourth-order valence-corrected chi connectivity index (χ4v) is 5.87. The number of nitrogens with zero attached hydrogens (tertiary/aromatic N) is 1. The van der Waals surface area contributed by atoms with Crippen LogP contribution in [0, 0.1) is 26.6 Å². The summed E-state index contributed by atoms with van der Waals surface area (Å²) in [6.07, 6.45) is 0. The van der Waals surface area contributed by atoms with Crippen molar-refractivity contribution in [1.82, 2.24) is 4.31 Å². The van der Waals surface area contributed by atoms with Gasteiger partial charge in [0.05, 0.1) is 4.90 Å². The maximum absolute atomic E-state index is 13.7. The zero-order chi connectivity index (χ0) is 22.1. The van der Waals surface area contributed by atoms with E-state index in [9.17, 15) is 12.8 Å². The summed E-state index contributed by atoms with van der Waals surface area (Å²) in [5.74, 6) is -0.462. The van der Waals surface area contributed by atoms with E-state index in [0.717, 1.165) is 15.6 Å². The van der Waals surface area contributed by atoms with E-state index in [0.29, 0.717) is 21.6 Å². The predicted molar refractivity (Wildman–Crippen MR) is 123 cm³/mol. The van der Waals surface area contributed by atoms with Gasteiger partial charge in [-0.2, -0.15) is 4.31 Å². The van der Waals surface area contributed by atoms with Crippen LogP contribution in [0.3, 0.4) is 0 Å². The van der Waals surface area contributed by atoms with Crippen molar-refractivity contribution in [1.29, 1.82) is 0 Å².